The van der Waals surface area contributed by atoms with Crippen LogP contribution < -0.4 is 14.8 Å². The molecule has 1 aromatic carbocycles. The average Bonchev–Trinajstić information content (AvgIpc) is 3.23. The van der Waals surface area contributed by atoms with Crippen molar-refractivity contribution >= 4 is 17.6 Å². The zero-order valence-electron chi connectivity index (χ0n) is 15.0. The number of hydrogen-bond donors (Lipinski definition) is 1. The SMILES string of the molecule is COC(=O)c1cc(OC)c(OC)cc1NC(=O)C[C@@H]1C[C@H]2CC[C@@H]1C2. The lowest BCUT2D eigenvalue weighted by molar-refractivity contribution is -0.117. The second-order valence-electron chi connectivity index (χ2n) is 6.93. The molecule has 6 heteroatoms. The highest BCUT2D eigenvalue weighted by Gasteiger charge is 2.40. The lowest BCUT2D eigenvalue weighted by Gasteiger charge is -2.21. The van der Waals surface area contributed by atoms with E-state index in [9.17, 15) is 9.59 Å². The zero-order chi connectivity index (χ0) is 18.0. The first-order chi connectivity index (χ1) is 12.0. The van der Waals surface area contributed by atoms with Crippen molar-refractivity contribution in [1.29, 1.82) is 0 Å². The van der Waals surface area contributed by atoms with Crippen molar-refractivity contribution in [2.75, 3.05) is 26.6 Å². The van der Waals surface area contributed by atoms with Gasteiger partial charge in [0.15, 0.2) is 11.5 Å². The Balaban J connectivity index is 1.77. The topological polar surface area (TPSA) is 73.9 Å². The molecule has 0 aliphatic heterocycles. The molecule has 0 saturated heterocycles. The number of nitrogens with one attached hydrogen (secondary N) is 1. The number of carbonyl (C=O) groups excluding carboxylic acids is 2. The number of ether oxygens (including phenoxy) is 3. The highest BCUT2D eigenvalue weighted by molar-refractivity contribution is 6.02. The second-order valence-corrected chi connectivity index (χ2v) is 6.93. The fourth-order valence-corrected chi connectivity index (χ4v) is 4.33. The summed E-state index contributed by atoms with van der Waals surface area (Å²) < 4.78 is 15.3. The molecule has 2 aliphatic carbocycles. The summed E-state index contributed by atoms with van der Waals surface area (Å²) in [7, 11) is 4.31. The molecule has 2 aliphatic rings. The predicted molar refractivity (Wildman–Crippen MR) is 93.1 cm³/mol. The Morgan fingerprint density at radius 2 is 1.80 bits per heavy atom. The van der Waals surface area contributed by atoms with Gasteiger partial charge in [0, 0.05) is 18.6 Å². The first-order valence-electron chi connectivity index (χ1n) is 8.69. The van der Waals surface area contributed by atoms with Crippen LogP contribution in [-0.4, -0.2) is 33.2 Å². The lowest BCUT2D eigenvalue weighted by Crippen LogP contribution is -2.21. The summed E-state index contributed by atoms with van der Waals surface area (Å²) >= 11 is 0. The van der Waals surface area contributed by atoms with Gasteiger partial charge in [0.05, 0.1) is 32.6 Å². The maximum Gasteiger partial charge on any atom is 0.340 e. The molecule has 0 radical (unpaired) electrons. The van der Waals surface area contributed by atoms with Gasteiger partial charge in [-0.3, -0.25) is 4.79 Å². The van der Waals surface area contributed by atoms with Gasteiger partial charge in [-0.15, -0.1) is 0 Å². The third-order valence-electron chi connectivity index (χ3n) is 5.54. The van der Waals surface area contributed by atoms with E-state index in [0.29, 0.717) is 35.4 Å². The number of esters is 1. The van der Waals surface area contributed by atoms with Crippen LogP contribution in [-0.2, 0) is 9.53 Å². The van der Waals surface area contributed by atoms with E-state index in [1.165, 1.54) is 46.7 Å². The standard InChI is InChI=1S/C19H25NO5/c1-23-16-9-14(19(22)25-3)15(10-17(16)24-2)20-18(21)8-13-7-11-4-5-12(13)6-11/h9-13H,4-8H2,1-3H3,(H,20,21)/t11-,12+,13-/m0/s1. The number of hydrogen-bond acceptors (Lipinski definition) is 5. The minimum atomic E-state index is -0.531. The summed E-state index contributed by atoms with van der Waals surface area (Å²) in [6.07, 6.45) is 5.46. The highest BCUT2D eigenvalue weighted by Crippen LogP contribution is 2.49. The van der Waals surface area contributed by atoms with Crippen molar-refractivity contribution < 1.29 is 23.8 Å². The van der Waals surface area contributed by atoms with Crippen LogP contribution in [0.4, 0.5) is 5.69 Å². The molecule has 2 bridgehead atoms. The number of rotatable bonds is 6. The van der Waals surface area contributed by atoms with E-state index in [2.05, 4.69) is 5.32 Å². The molecule has 136 valence electrons. The molecule has 25 heavy (non-hydrogen) atoms. The molecule has 1 amide bonds. The highest BCUT2D eigenvalue weighted by atomic mass is 16.5. The van der Waals surface area contributed by atoms with Crippen LogP contribution in [0.5, 0.6) is 11.5 Å². The van der Waals surface area contributed by atoms with Gasteiger partial charge in [0.1, 0.15) is 0 Å². The van der Waals surface area contributed by atoms with Crippen molar-refractivity contribution in [2.45, 2.75) is 32.1 Å². The number of fused-ring (bicyclic) bond motifs is 2. The molecule has 2 fully saturated rings. The number of methoxy groups -OCH3 is 3. The quantitative estimate of drug-likeness (QED) is 0.800. The average molecular weight is 347 g/mol. The fraction of sp³-hybridized carbons (Fsp3) is 0.579. The number of carbonyl (C=O) groups is 2. The van der Waals surface area contributed by atoms with Gasteiger partial charge in [-0.2, -0.15) is 0 Å². The molecule has 6 nitrogen and oxygen atoms in total. The van der Waals surface area contributed by atoms with Crippen LogP contribution in [0.3, 0.4) is 0 Å². The number of anilines is 1. The summed E-state index contributed by atoms with van der Waals surface area (Å²) in [4.78, 5) is 24.6. The van der Waals surface area contributed by atoms with Gasteiger partial charge in [-0.25, -0.2) is 4.79 Å². The van der Waals surface area contributed by atoms with E-state index in [0.717, 1.165) is 12.3 Å². The largest absolute Gasteiger partial charge is 0.493 e. The lowest BCUT2D eigenvalue weighted by atomic mass is 9.86. The smallest absolute Gasteiger partial charge is 0.340 e. The zero-order valence-corrected chi connectivity index (χ0v) is 15.0. The summed E-state index contributed by atoms with van der Waals surface area (Å²) in [5.74, 6) is 2.20. The van der Waals surface area contributed by atoms with Crippen molar-refractivity contribution in [3.05, 3.63) is 17.7 Å². The first kappa shape index (κ1) is 17.6. The first-order valence-corrected chi connectivity index (χ1v) is 8.69. The van der Waals surface area contributed by atoms with Crippen LogP contribution in [0.2, 0.25) is 0 Å². The predicted octanol–water partition coefficient (Wildman–Crippen LogP) is 3.26. The Hall–Kier alpha value is -2.24. The van der Waals surface area contributed by atoms with Gasteiger partial charge < -0.3 is 19.5 Å². The summed E-state index contributed by atoms with van der Waals surface area (Å²) in [6, 6.07) is 3.13. The van der Waals surface area contributed by atoms with Gasteiger partial charge in [-0.05, 0) is 37.0 Å². The molecule has 3 atom stereocenters. The molecule has 3 rings (SSSR count). The summed E-state index contributed by atoms with van der Waals surface area (Å²) in [5.41, 5.74) is 0.638. The van der Waals surface area contributed by atoms with Crippen molar-refractivity contribution in [2.24, 2.45) is 17.8 Å². The van der Waals surface area contributed by atoms with Gasteiger partial charge in [-0.1, -0.05) is 6.42 Å². The van der Waals surface area contributed by atoms with E-state index in [4.69, 9.17) is 14.2 Å². The van der Waals surface area contributed by atoms with E-state index in [1.807, 2.05) is 0 Å². The Morgan fingerprint density at radius 1 is 1.08 bits per heavy atom. The molecule has 1 N–H and O–H groups in total. The van der Waals surface area contributed by atoms with E-state index in [-0.39, 0.29) is 11.5 Å². The van der Waals surface area contributed by atoms with Crippen LogP contribution in [0.25, 0.3) is 0 Å². The van der Waals surface area contributed by atoms with Crippen molar-refractivity contribution in [3.63, 3.8) is 0 Å². The molecule has 0 unspecified atom stereocenters. The Morgan fingerprint density at radius 3 is 2.36 bits per heavy atom. The molecule has 1 aromatic rings. The fourth-order valence-electron chi connectivity index (χ4n) is 4.33. The Bertz CT molecular complexity index is 672. The molecule has 0 aromatic heterocycles. The van der Waals surface area contributed by atoms with Crippen molar-refractivity contribution in [1.82, 2.24) is 0 Å². The monoisotopic (exact) mass is 347 g/mol. The van der Waals surface area contributed by atoms with Crippen molar-refractivity contribution in [3.8, 4) is 11.5 Å². The number of amides is 1. The van der Waals surface area contributed by atoms with Gasteiger partial charge in [0.2, 0.25) is 5.91 Å². The molecule has 0 heterocycles. The van der Waals surface area contributed by atoms with Gasteiger partial charge >= 0.3 is 5.97 Å². The minimum Gasteiger partial charge on any atom is -0.493 e. The normalized spacial score (nSPS) is 24.0. The Kier molecular flexibility index (Phi) is 5.16. The van der Waals surface area contributed by atoms with Crippen LogP contribution in [0.15, 0.2) is 12.1 Å². The van der Waals surface area contributed by atoms with Crippen LogP contribution in [0, 0.1) is 17.8 Å². The van der Waals surface area contributed by atoms with E-state index >= 15 is 0 Å². The van der Waals surface area contributed by atoms with Gasteiger partial charge in [0.25, 0.3) is 0 Å². The minimum absolute atomic E-state index is 0.0741. The number of benzene rings is 1. The van der Waals surface area contributed by atoms with Crippen LogP contribution >= 0.6 is 0 Å². The maximum atomic E-state index is 12.5. The van der Waals surface area contributed by atoms with E-state index in [1.54, 1.807) is 6.07 Å². The second kappa shape index (κ2) is 7.33. The molecule has 2 saturated carbocycles. The summed E-state index contributed by atoms with van der Waals surface area (Å²) in [5, 5.41) is 2.86. The van der Waals surface area contributed by atoms with Crippen LogP contribution in [0.1, 0.15) is 42.5 Å². The molecular formula is C19H25NO5. The maximum absolute atomic E-state index is 12.5. The Labute approximate surface area is 147 Å². The third kappa shape index (κ3) is 3.57. The van der Waals surface area contributed by atoms with E-state index < -0.39 is 5.97 Å². The summed E-state index contributed by atoms with van der Waals surface area (Å²) in [6.45, 7) is 0. The molecular weight excluding hydrogens is 322 g/mol. The third-order valence-corrected chi connectivity index (χ3v) is 5.54. The molecule has 0 spiro atoms.